The van der Waals surface area contributed by atoms with E-state index < -0.39 is 0 Å². The molecule has 1 aromatic rings. The van der Waals surface area contributed by atoms with Crippen LogP contribution < -0.4 is 5.32 Å². The average molecular weight is 177 g/mol. The van der Waals surface area contributed by atoms with Gasteiger partial charge in [0.1, 0.15) is 0 Å². The van der Waals surface area contributed by atoms with Crippen LogP contribution in [0.4, 0.5) is 0 Å². The number of nitrogens with one attached hydrogen (secondary N) is 1. The molecule has 0 fully saturated rings. The van der Waals surface area contributed by atoms with Gasteiger partial charge in [0.25, 0.3) is 0 Å². The lowest BCUT2D eigenvalue weighted by Crippen LogP contribution is -2.21. The number of hydrogen-bond donors (Lipinski definition) is 1. The second-order valence-corrected chi connectivity index (χ2v) is 3.03. The molecule has 1 rings (SSSR count). The van der Waals surface area contributed by atoms with E-state index in [4.69, 9.17) is 6.42 Å². The smallest absolute Gasteiger partial charge is 0.0596 e. The van der Waals surface area contributed by atoms with Crippen LogP contribution in [0.3, 0.4) is 0 Å². The molecule has 0 aliphatic rings. The first-order valence-corrected chi connectivity index (χ1v) is 4.39. The van der Waals surface area contributed by atoms with Crippen LogP contribution in [0.2, 0.25) is 0 Å². The number of terminal acetylenes is 1. The fourth-order valence-electron chi connectivity index (χ4n) is 1.25. The number of aryl methyl sites for hydroxylation is 2. The van der Waals surface area contributed by atoms with Crippen molar-refractivity contribution in [1.82, 2.24) is 15.1 Å². The van der Waals surface area contributed by atoms with Crippen molar-refractivity contribution in [3.63, 3.8) is 0 Å². The van der Waals surface area contributed by atoms with Crippen LogP contribution in [-0.4, -0.2) is 22.9 Å². The van der Waals surface area contributed by atoms with Crippen molar-refractivity contribution in [2.45, 2.75) is 20.4 Å². The molecule has 3 heteroatoms. The van der Waals surface area contributed by atoms with Gasteiger partial charge in [-0.1, -0.05) is 5.92 Å². The molecule has 3 nitrogen and oxygen atoms in total. The lowest BCUT2D eigenvalue weighted by molar-refractivity contribution is 0.560. The predicted octanol–water partition coefficient (Wildman–Crippen LogP) is 0.723. The standard InChI is InChI=1S/C10H15N3/c1-4-5-11-6-7-13-10(3)8-9(2)12-13/h1,8,11H,5-7H2,2-3H3. The maximum absolute atomic E-state index is 5.11. The minimum Gasteiger partial charge on any atom is -0.304 e. The summed E-state index contributed by atoms with van der Waals surface area (Å²) in [5.74, 6) is 2.53. The molecule has 13 heavy (non-hydrogen) atoms. The summed E-state index contributed by atoms with van der Waals surface area (Å²) in [6.45, 7) is 6.42. The van der Waals surface area contributed by atoms with Crippen molar-refractivity contribution < 1.29 is 0 Å². The summed E-state index contributed by atoms with van der Waals surface area (Å²) in [4.78, 5) is 0. The van der Waals surface area contributed by atoms with Gasteiger partial charge in [0, 0.05) is 12.2 Å². The van der Waals surface area contributed by atoms with E-state index in [-0.39, 0.29) is 0 Å². The molecule has 0 aromatic carbocycles. The number of hydrogen-bond acceptors (Lipinski definition) is 2. The van der Waals surface area contributed by atoms with Gasteiger partial charge in [0.05, 0.1) is 18.8 Å². The Morgan fingerprint density at radius 1 is 1.62 bits per heavy atom. The van der Waals surface area contributed by atoms with Gasteiger partial charge >= 0.3 is 0 Å². The van der Waals surface area contributed by atoms with E-state index in [0.717, 1.165) is 18.8 Å². The van der Waals surface area contributed by atoms with Crippen molar-refractivity contribution >= 4 is 0 Å². The minimum absolute atomic E-state index is 0.624. The van der Waals surface area contributed by atoms with E-state index in [1.165, 1.54) is 5.69 Å². The fourth-order valence-corrected chi connectivity index (χ4v) is 1.25. The summed E-state index contributed by atoms with van der Waals surface area (Å²) in [5.41, 5.74) is 2.26. The molecular weight excluding hydrogens is 162 g/mol. The van der Waals surface area contributed by atoms with E-state index in [9.17, 15) is 0 Å². The normalized spacial score (nSPS) is 9.92. The highest BCUT2D eigenvalue weighted by Crippen LogP contribution is 2.00. The Labute approximate surface area is 79.1 Å². The van der Waals surface area contributed by atoms with Gasteiger partial charge < -0.3 is 5.32 Å². The highest BCUT2D eigenvalue weighted by molar-refractivity contribution is 5.06. The van der Waals surface area contributed by atoms with E-state index in [1.54, 1.807) is 0 Å². The van der Waals surface area contributed by atoms with Crippen LogP contribution in [0, 0.1) is 26.2 Å². The zero-order valence-corrected chi connectivity index (χ0v) is 8.17. The Bertz CT molecular complexity index is 306. The van der Waals surface area contributed by atoms with Crippen LogP contribution in [0.5, 0.6) is 0 Å². The van der Waals surface area contributed by atoms with Crippen molar-refractivity contribution in [3.8, 4) is 12.3 Å². The zero-order chi connectivity index (χ0) is 9.68. The van der Waals surface area contributed by atoms with Crippen molar-refractivity contribution in [2.75, 3.05) is 13.1 Å². The molecular formula is C10H15N3. The largest absolute Gasteiger partial charge is 0.304 e. The summed E-state index contributed by atoms with van der Waals surface area (Å²) in [6, 6.07) is 2.07. The van der Waals surface area contributed by atoms with E-state index >= 15 is 0 Å². The molecule has 0 unspecified atom stereocenters. The Morgan fingerprint density at radius 3 is 2.92 bits per heavy atom. The summed E-state index contributed by atoms with van der Waals surface area (Å²) in [7, 11) is 0. The molecule has 0 spiro atoms. The molecule has 1 heterocycles. The third-order valence-corrected chi connectivity index (χ3v) is 1.83. The van der Waals surface area contributed by atoms with Crippen LogP contribution in [-0.2, 0) is 6.54 Å². The van der Waals surface area contributed by atoms with Crippen LogP contribution in [0.15, 0.2) is 6.07 Å². The number of nitrogens with zero attached hydrogens (tertiary/aromatic N) is 2. The first-order chi connectivity index (χ1) is 6.24. The van der Waals surface area contributed by atoms with Gasteiger partial charge in [-0.05, 0) is 19.9 Å². The van der Waals surface area contributed by atoms with Crippen molar-refractivity contribution in [3.05, 3.63) is 17.5 Å². The monoisotopic (exact) mass is 177 g/mol. The first-order valence-electron chi connectivity index (χ1n) is 4.39. The second-order valence-electron chi connectivity index (χ2n) is 3.03. The third-order valence-electron chi connectivity index (χ3n) is 1.83. The van der Waals surface area contributed by atoms with Crippen LogP contribution in [0.1, 0.15) is 11.4 Å². The van der Waals surface area contributed by atoms with Crippen LogP contribution in [0.25, 0.3) is 0 Å². The van der Waals surface area contributed by atoms with Gasteiger partial charge in [0.15, 0.2) is 0 Å². The Balaban J connectivity index is 2.37. The lowest BCUT2D eigenvalue weighted by Gasteiger charge is -2.03. The van der Waals surface area contributed by atoms with E-state index in [0.29, 0.717) is 6.54 Å². The molecule has 0 aliphatic carbocycles. The highest BCUT2D eigenvalue weighted by atomic mass is 15.3. The summed E-state index contributed by atoms with van der Waals surface area (Å²) in [5, 5.41) is 7.46. The maximum Gasteiger partial charge on any atom is 0.0596 e. The summed E-state index contributed by atoms with van der Waals surface area (Å²) >= 11 is 0. The molecule has 0 saturated heterocycles. The molecule has 1 aromatic heterocycles. The lowest BCUT2D eigenvalue weighted by atomic mass is 10.4. The Kier molecular flexibility index (Phi) is 3.53. The Morgan fingerprint density at radius 2 is 2.38 bits per heavy atom. The summed E-state index contributed by atoms with van der Waals surface area (Å²) < 4.78 is 1.98. The highest BCUT2D eigenvalue weighted by Gasteiger charge is 1.98. The average Bonchev–Trinajstić information content (AvgIpc) is 2.39. The van der Waals surface area contributed by atoms with Gasteiger partial charge in [-0.15, -0.1) is 6.42 Å². The minimum atomic E-state index is 0.624. The van der Waals surface area contributed by atoms with Crippen molar-refractivity contribution in [2.24, 2.45) is 0 Å². The summed E-state index contributed by atoms with van der Waals surface area (Å²) in [6.07, 6.45) is 5.11. The molecule has 0 atom stereocenters. The third kappa shape index (κ3) is 2.92. The second kappa shape index (κ2) is 4.68. The molecule has 0 saturated carbocycles. The SMILES string of the molecule is C#CCNCCn1nc(C)cc1C. The predicted molar refractivity (Wildman–Crippen MR) is 53.4 cm³/mol. The molecule has 70 valence electrons. The molecule has 0 radical (unpaired) electrons. The van der Waals surface area contributed by atoms with Gasteiger partial charge in [-0.3, -0.25) is 4.68 Å². The fraction of sp³-hybridized carbons (Fsp3) is 0.500. The van der Waals surface area contributed by atoms with E-state index in [1.807, 2.05) is 11.6 Å². The van der Waals surface area contributed by atoms with E-state index in [2.05, 4.69) is 29.3 Å². The Hall–Kier alpha value is -1.27. The first kappa shape index (κ1) is 9.82. The molecule has 0 aliphatic heterocycles. The van der Waals surface area contributed by atoms with Crippen LogP contribution >= 0.6 is 0 Å². The van der Waals surface area contributed by atoms with Crippen molar-refractivity contribution in [1.29, 1.82) is 0 Å². The quantitative estimate of drug-likeness (QED) is 0.542. The zero-order valence-electron chi connectivity index (χ0n) is 8.17. The molecule has 0 amide bonds. The van der Waals surface area contributed by atoms with Gasteiger partial charge in [-0.25, -0.2) is 0 Å². The maximum atomic E-state index is 5.11. The number of aromatic nitrogens is 2. The topological polar surface area (TPSA) is 29.9 Å². The molecule has 0 bridgehead atoms. The number of rotatable bonds is 4. The molecule has 1 N–H and O–H groups in total. The van der Waals surface area contributed by atoms with Gasteiger partial charge in [-0.2, -0.15) is 5.10 Å². The van der Waals surface area contributed by atoms with Gasteiger partial charge in [0.2, 0.25) is 0 Å².